The van der Waals surface area contributed by atoms with Crippen molar-refractivity contribution in [3.63, 3.8) is 0 Å². The Hall–Kier alpha value is -2.22. The molecule has 0 bridgehead atoms. The van der Waals surface area contributed by atoms with Crippen molar-refractivity contribution >= 4 is 19.2 Å². The zero-order valence-electron chi connectivity index (χ0n) is 26.0. The molecule has 0 radical (unpaired) electrons. The van der Waals surface area contributed by atoms with Gasteiger partial charge in [-0.3, -0.25) is 4.57 Å². The molecule has 3 rings (SSSR count). The minimum Gasteiger partial charge on any atom is -0.746 e. The van der Waals surface area contributed by atoms with Crippen LogP contribution in [0.1, 0.15) is 95.1 Å². The lowest BCUT2D eigenvalue weighted by Gasteiger charge is -2.25. The summed E-state index contributed by atoms with van der Waals surface area (Å²) in [7, 11) is -3.09. The monoisotopic (exact) mass is 631 g/mol. The molecule has 238 valence electrons. The first kappa shape index (κ1) is 35.3. The van der Waals surface area contributed by atoms with E-state index in [1.807, 2.05) is 39.9 Å². The number of benzene rings is 2. The van der Waals surface area contributed by atoms with Gasteiger partial charge in [0.15, 0.2) is 12.7 Å². The van der Waals surface area contributed by atoms with Crippen LogP contribution in [0.15, 0.2) is 65.6 Å². The van der Waals surface area contributed by atoms with Gasteiger partial charge in [-0.25, -0.2) is 0 Å². The highest BCUT2D eigenvalue weighted by Gasteiger charge is 2.17. The molecule has 0 aliphatic rings. The van der Waals surface area contributed by atoms with Crippen LogP contribution in [0, 0.1) is 0 Å². The van der Waals surface area contributed by atoms with Crippen molar-refractivity contribution in [1.29, 1.82) is 0 Å². The highest BCUT2D eigenvalue weighted by atomic mass is 32.1. The summed E-state index contributed by atoms with van der Waals surface area (Å²) in [5.74, 6) is 0.946. The topological polar surface area (TPSA) is 80.9 Å². The van der Waals surface area contributed by atoms with E-state index in [9.17, 15) is 9.46 Å². The van der Waals surface area contributed by atoms with Crippen LogP contribution in [-0.2, 0) is 26.8 Å². The average molecular weight is 632 g/mol. The first-order valence-electron chi connectivity index (χ1n) is 15.9. The van der Waals surface area contributed by atoms with Gasteiger partial charge in [0.1, 0.15) is 24.2 Å². The second kappa shape index (κ2) is 20.7. The molecule has 0 fully saturated rings. The highest BCUT2D eigenvalue weighted by Crippen LogP contribution is 2.40. The van der Waals surface area contributed by atoms with Gasteiger partial charge in [0.25, 0.3) is 0 Å². The number of methoxy groups -OCH3 is 1. The molecule has 1 aromatic heterocycles. The van der Waals surface area contributed by atoms with E-state index >= 15 is 0 Å². The van der Waals surface area contributed by atoms with Crippen molar-refractivity contribution in [3.05, 3.63) is 76.7 Å². The number of ether oxygens (including phenoxy) is 2. The van der Waals surface area contributed by atoms with Crippen molar-refractivity contribution in [3.8, 4) is 11.5 Å². The third-order valence-electron chi connectivity index (χ3n) is 7.41. The molecule has 0 aliphatic heterocycles. The molecule has 2 unspecified atom stereocenters. The van der Waals surface area contributed by atoms with Crippen LogP contribution in [0.2, 0.25) is 0 Å². The van der Waals surface area contributed by atoms with Crippen LogP contribution in [0.25, 0.3) is 0 Å². The maximum atomic E-state index is 12.5. The van der Waals surface area contributed by atoms with Crippen LogP contribution in [-0.4, -0.2) is 26.4 Å². The fourth-order valence-electron chi connectivity index (χ4n) is 4.93. The summed E-state index contributed by atoms with van der Waals surface area (Å²) in [6.07, 6.45) is 18.5. The first-order chi connectivity index (χ1) is 21.0. The zero-order valence-corrected chi connectivity index (χ0v) is 27.7. The summed E-state index contributed by atoms with van der Waals surface area (Å²) < 4.78 is 36.2. The second-order valence-electron chi connectivity index (χ2n) is 11.1. The Bertz CT molecular complexity index is 1190. The Kier molecular flexibility index (Phi) is 17.0. The van der Waals surface area contributed by atoms with Gasteiger partial charge in [0, 0.05) is 12.7 Å². The molecule has 0 saturated heterocycles. The second-order valence-corrected chi connectivity index (χ2v) is 13.2. The number of hydrogen-bond donors (Lipinski definition) is 0. The van der Waals surface area contributed by atoms with Crippen LogP contribution in [0.4, 0.5) is 0 Å². The van der Waals surface area contributed by atoms with E-state index in [1.165, 1.54) is 89.7 Å². The summed E-state index contributed by atoms with van der Waals surface area (Å²) in [4.78, 5) is 12.5. The molecule has 3 aromatic rings. The van der Waals surface area contributed by atoms with Crippen LogP contribution < -0.4 is 18.7 Å². The molecule has 2 atom stereocenters. The minimum absolute atomic E-state index is 0.159. The van der Waals surface area contributed by atoms with Crippen molar-refractivity contribution < 1.29 is 32.5 Å². The number of aromatic nitrogens is 1. The van der Waals surface area contributed by atoms with Gasteiger partial charge < -0.3 is 23.4 Å². The molecular formula is C34H50NO6PS. The molecule has 0 spiro atoms. The fourth-order valence-corrected chi connectivity index (χ4v) is 6.30. The summed E-state index contributed by atoms with van der Waals surface area (Å²) in [5, 5.41) is 1.98. The molecular weight excluding hydrogens is 581 g/mol. The summed E-state index contributed by atoms with van der Waals surface area (Å²) in [6, 6.07) is 15.0. The van der Waals surface area contributed by atoms with Crippen molar-refractivity contribution in [2.24, 2.45) is 0 Å². The lowest BCUT2D eigenvalue weighted by atomic mass is 10.0. The summed E-state index contributed by atoms with van der Waals surface area (Å²) in [5.41, 5.74) is 4.15. The lowest BCUT2D eigenvalue weighted by molar-refractivity contribution is -0.683. The summed E-state index contributed by atoms with van der Waals surface area (Å²) >= 11 is 1.59. The predicted octanol–water partition coefficient (Wildman–Crippen LogP) is 8.29. The van der Waals surface area contributed by atoms with Crippen LogP contribution >= 0.6 is 19.2 Å². The van der Waals surface area contributed by atoms with E-state index in [0.29, 0.717) is 6.54 Å². The molecule has 7 nitrogen and oxygen atoms in total. The highest BCUT2D eigenvalue weighted by molar-refractivity contribution is 7.46. The van der Waals surface area contributed by atoms with E-state index in [0.717, 1.165) is 17.7 Å². The number of nitrogens with zero attached hydrogens (tertiary/aromatic N) is 1. The standard InChI is InChI=1S/C34H50NO6PS/c1-3-4-5-6-7-8-9-10-11-12-13-14-17-30-18-15-20-32(24-30)39-27-34(38-2)28-40-42(36,37)41-33-21-16-19-31(25-33)26-35-22-23-43-29-35/h15-16,18-25,29,34H,3-14,17,26-28H2,1-2H3. The van der Waals surface area contributed by atoms with Crippen molar-refractivity contribution in [2.45, 2.75) is 103 Å². The number of rotatable bonds is 24. The molecule has 9 heteroatoms. The van der Waals surface area contributed by atoms with E-state index in [-0.39, 0.29) is 19.0 Å². The van der Waals surface area contributed by atoms with Gasteiger partial charge in [-0.15, -0.1) is 0 Å². The molecule has 0 amide bonds. The van der Waals surface area contributed by atoms with Gasteiger partial charge in [0.2, 0.25) is 5.51 Å². The number of hydrogen-bond acceptors (Lipinski definition) is 7. The molecule has 43 heavy (non-hydrogen) atoms. The first-order valence-corrected chi connectivity index (χ1v) is 18.3. The molecule has 1 heterocycles. The lowest BCUT2D eigenvalue weighted by Crippen LogP contribution is -2.30. The van der Waals surface area contributed by atoms with Crippen LogP contribution in [0.3, 0.4) is 0 Å². The maximum absolute atomic E-state index is 12.5. The maximum Gasteiger partial charge on any atom is 0.319 e. The van der Waals surface area contributed by atoms with E-state index < -0.39 is 13.9 Å². The average Bonchev–Trinajstić information content (AvgIpc) is 3.51. The zero-order chi connectivity index (χ0) is 30.6. The minimum atomic E-state index is -4.60. The molecule has 2 aromatic carbocycles. The van der Waals surface area contributed by atoms with E-state index in [2.05, 4.69) is 19.1 Å². The SMILES string of the molecule is CCCCCCCCCCCCCCc1cccc(OCC(COP(=O)([O-])Oc2cccc(C[n+]3ccsc3)c2)OC)c1. The van der Waals surface area contributed by atoms with Crippen LogP contribution in [0.5, 0.6) is 11.5 Å². The van der Waals surface area contributed by atoms with Crippen molar-refractivity contribution in [1.82, 2.24) is 0 Å². The largest absolute Gasteiger partial charge is 0.746 e. The number of thiazole rings is 1. The summed E-state index contributed by atoms with van der Waals surface area (Å²) in [6.45, 7) is 2.84. The Morgan fingerprint density at radius 1 is 0.837 bits per heavy atom. The van der Waals surface area contributed by atoms with Gasteiger partial charge in [-0.05, 0) is 42.7 Å². The quantitative estimate of drug-likeness (QED) is 0.0562. The van der Waals surface area contributed by atoms with Gasteiger partial charge in [-0.2, -0.15) is 4.57 Å². The number of phosphoric acid groups is 1. The van der Waals surface area contributed by atoms with E-state index in [4.69, 9.17) is 18.5 Å². The Morgan fingerprint density at radius 3 is 2.12 bits per heavy atom. The third kappa shape index (κ3) is 15.4. The van der Waals surface area contributed by atoms with Gasteiger partial charge in [-0.1, -0.05) is 113 Å². The normalized spacial score (nSPS) is 13.5. The van der Waals surface area contributed by atoms with E-state index in [1.54, 1.807) is 29.5 Å². The third-order valence-corrected chi connectivity index (χ3v) is 8.98. The Balaban J connectivity index is 1.31. The van der Waals surface area contributed by atoms with Gasteiger partial charge >= 0.3 is 7.82 Å². The number of phosphoric ester groups is 1. The Labute approximate surface area is 262 Å². The van der Waals surface area contributed by atoms with Crippen molar-refractivity contribution in [2.75, 3.05) is 20.3 Å². The molecule has 0 N–H and O–H groups in total. The predicted molar refractivity (Wildman–Crippen MR) is 172 cm³/mol. The smallest absolute Gasteiger partial charge is 0.319 e. The van der Waals surface area contributed by atoms with Gasteiger partial charge in [0.05, 0.1) is 12.0 Å². The fraction of sp³-hybridized carbons (Fsp3) is 0.559. The molecule has 0 aliphatic carbocycles. The number of unbranched alkanes of at least 4 members (excludes halogenated alkanes) is 11. The number of aryl methyl sites for hydroxylation is 1. The molecule has 0 saturated carbocycles. The Morgan fingerprint density at radius 2 is 1.47 bits per heavy atom.